The largest absolute Gasteiger partial charge is 0.326 e. The molecule has 6 heteroatoms. The Morgan fingerprint density at radius 1 is 1.24 bits per heavy atom. The third-order valence-electron chi connectivity index (χ3n) is 5.34. The highest BCUT2D eigenvalue weighted by Crippen LogP contribution is 2.67. The summed E-state index contributed by atoms with van der Waals surface area (Å²) >= 11 is 5.96. The minimum Gasteiger partial charge on any atom is -0.326 e. The van der Waals surface area contributed by atoms with Crippen molar-refractivity contribution in [1.82, 2.24) is 4.72 Å². The summed E-state index contributed by atoms with van der Waals surface area (Å²) in [7, 11) is -3.53. The SMILES string of the molecule is CC1(C)C(CNS(=O)(=O)c2ccc(Cl)c(CN)c2)C1(C)C. The first-order valence-electron chi connectivity index (χ1n) is 7.02. The van der Waals surface area contributed by atoms with Crippen LogP contribution in [0.4, 0.5) is 0 Å². The summed E-state index contributed by atoms with van der Waals surface area (Å²) in [6.07, 6.45) is 0. The van der Waals surface area contributed by atoms with E-state index in [1.54, 1.807) is 6.07 Å². The van der Waals surface area contributed by atoms with E-state index >= 15 is 0 Å². The maximum Gasteiger partial charge on any atom is 0.240 e. The fourth-order valence-electron chi connectivity index (χ4n) is 2.99. The Bertz CT molecular complexity index is 640. The van der Waals surface area contributed by atoms with Crippen LogP contribution >= 0.6 is 11.6 Å². The Kier molecular flexibility index (Phi) is 4.17. The number of nitrogens with one attached hydrogen (secondary N) is 1. The molecule has 0 spiro atoms. The van der Waals surface area contributed by atoms with Gasteiger partial charge in [0.2, 0.25) is 10.0 Å². The van der Waals surface area contributed by atoms with E-state index in [0.29, 0.717) is 23.0 Å². The molecule has 1 aliphatic carbocycles. The molecule has 0 unspecified atom stereocenters. The molecule has 0 bridgehead atoms. The summed E-state index contributed by atoms with van der Waals surface area (Å²) < 4.78 is 27.4. The lowest BCUT2D eigenvalue weighted by atomic mass is 10.0. The number of halogens is 1. The van der Waals surface area contributed by atoms with Crippen molar-refractivity contribution in [3.63, 3.8) is 0 Å². The van der Waals surface area contributed by atoms with Crippen LogP contribution in [-0.2, 0) is 16.6 Å². The second kappa shape index (κ2) is 5.23. The van der Waals surface area contributed by atoms with Crippen LogP contribution in [0.2, 0.25) is 5.02 Å². The second-order valence-corrected chi connectivity index (χ2v) is 8.98. The van der Waals surface area contributed by atoms with Crippen LogP contribution in [0.1, 0.15) is 33.3 Å². The molecule has 0 aromatic heterocycles. The van der Waals surface area contributed by atoms with Crippen molar-refractivity contribution >= 4 is 21.6 Å². The molecule has 1 aliphatic rings. The first kappa shape index (κ1) is 16.7. The van der Waals surface area contributed by atoms with Gasteiger partial charge in [0.05, 0.1) is 4.90 Å². The molecule has 0 atom stereocenters. The Balaban J connectivity index is 2.13. The lowest BCUT2D eigenvalue weighted by Crippen LogP contribution is -2.27. The van der Waals surface area contributed by atoms with Crippen molar-refractivity contribution in [2.45, 2.75) is 39.1 Å². The van der Waals surface area contributed by atoms with Gasteiger partial charge in [-0.3, -0.25) is 0 Å². The number of hydrogen-bond donors (Lipinski definition) is 2. The predicted molar refractivity (Wildman–Crippen MR) is 85.6 cm³/mol. The van der Waals surface area contributed by atoms with Crippen LogP contribution in [0, 0.1) is 16.7 Å². The van der Waals surface area contributed by atoms with Gasteiger partial charge >= 0.3 is 0 Å². The van der Waals surface area contributed by atoms with Crippen LogP contribution in [0.5, 0.6) is 0 Å². The van der Waals surface area contributed by atoms with Gasteiger partial charge in [-0.05, 0) is 40.5 Å². The molecule has 1 fully saturated rings. The maximum absolute atomic E-state index is 12.4. The van der Waals surface area contributed by atoms with Crippen LogP contribution in [0.15, 0.2) is 23.1 Å². The zero-order chi connectivity index (χ0) is 16.1. The summed E-state index contributed by atoms with van der Waals surface area (Å²) in [5.41, 5.74) is 6.50. The van der Waals surface area contributed by atoms with E-state index in [-0.39, 0.29) is 22.3 Å². The molecule has 21 heavy (non-hydrogen) atoms. The molecule has 0 aliphatic heterocycles. The highest BCUT2D eigenvalue weighted by atomic mass is 35.5. The summed E-state index contributed by atoms with van der Waals surface area (Å²) in [5, 5.41) is 0.487. The lowest BCUT2D eigenvalue weighted by molar-refractivity contribution is 0.457. The number of nitrogens with two attached hydrogens (primary N) is 1. The molecule has 0 saturated heterocycles. The van der Waals surface area contributed by atoms with Crippen molar-refractivity contribution in [3.05, 3.63) is 28.8 Å². The van der Waals surface area contributed by atoms with Gasteiger partial charge in [-0.25, -0.2) is 13.1 Å². The lowest BCUT2D eigenvalue weighted by Gasteiger charge is -2.10. The Morgan fingerprint density at radius 3 is 2.29 bits per heavy atom. The van der Waals surface area contributed by atoms with Crippen molar-refractivity contribution in [2.75, 3.05) is 6.54 Å². The van der Waals surface area contributed by atoms with Crippen molar-refractivity contribution in [1.29, 1.82) is 0 Å². The molecule has 0 heterocycles. The Labute approximate surface area is 132 Å². The standard InChI is InChI=1S/C15H23ClN2O2S/c1-14(2)13(15(14,3)4)9-18-21(19,20)11-5-6-12(16)10(7-11)8-17/h5-7,13,18H,8-9,17H2,1-4H3. The molecular weight excluding hydrogens is 308 g/mol. The molecule has 1 aromatic carbocycles. The average molecular weight is 331 g/mol. The molecule has 1 aromatic rings. The van der Waals surface area contributed by atoms with Gasteiger partial charge in [-0.15, -0.1) is 0 Å². The van der Waals surface area contributed by atoms with E-state index in [9.17, 15) is 8.42 Å². The fourth-order valence-corrected chi connectivity index (χ4v) is 4.29. The van der Waals surface area contributed by atoms with Gasteiger partial charge in [0.15, 0.2) is 0 Å². The highest BCUT2D eigenvalue weighted by molar-refractivity contribution is 7.89. The van der Waals surface area contributed by atoms with Gasteiger partial charge < -0.3 is 5.73 Å². The zero-order valence-corrected chi connectivity index (χ0v) is 14.5. The zero-order valence-electron chi connectivity index (χ0n) is 12.9. The fraction of sp³-hybridized carbons (Fsp3) is 0.600. The van der Waals surface area contributed by atoms with E-state index in [1.807, 2.05) is 0 Å². The molecule has 2 rings (SSSR count). The Hall–Kier alpha value is -0.620. The first-order valence-corrected chi connectivity index (χ1v) is 8.88. The summed E-state index contributed by atoms with van der Waals surface area (Å²) in [6, 6.07) is 4.62. The second-order valence-electron chi connectivity index (χ2n) is 6.81. The summed E-state index contributed by atoms with van der Waals surface area (Å²) in [5.74, 6) is 0.334. The monoisotopic (exact) mass is 330 g/mol. The molecular formula is C15H23ClN2O2S. The molecule has 1 saturated carbocycles. The normalized spacial score (nSPS) is 20.5. The van der Waals surface area contributed by atoms with Gasteiger partial charge in [0.25, 0.3) is 0 Å². The third kappa shape index (κ3) is 2.84. The van der Waals surface area contributed by atoms with E-state index in [0.717, 1.165) is 0 Å². The van der Waals surface area contributed by atoms with Crippen molar-refractivity contribution in [2.24, 2.45) is 22.5 Å². The smallest absolute Gasteiger partial charge is 0.240 e. The molecule has 3 N–H and O–H groups in total. The predicted octanol–water partition coefficient (Wildman–Crippen LogP) is 2.76. The topological polar surface area (TPSA) is 72.2 Å². The number of sulfonamides is 1. The molecule has 0 amide bonds. The summed E-state index contributed by atoms with van der Waals surface area (Å²) in [4.78, 5) is 0.212. The third-order valence-corrected chi connectivity index (χ3v) is 7.13. The first-order chi connectivity index (χ1) is 9.54. The maximum atomic E-state index is 12.4. The number of hydrogen-bond acceptors (Lipinski definition) is 3. The van der Waals surface area contributed by atoms with E-state index in [2.05, 4.69) is 32.4 Å². The molecule has 4 nitrogen and oxygen atoms in total. The van der Waals surface area contributed by atoms with Crippen LogP contribution in [-0.4, -0.2) is 15.0 Å². The van der Waals surface area contributed by atoms with E-state index in [4.69, 9.17) is 17.3 Å². The number of rotatable bonds is 5. The van der Waals surface area contributed by atoms with Crippen molar-refractivity contribution < 1.29 is 8.42 Å². The minimum atomic E-state index is -3.53. The van der Waals surface area contributed by atoms with Gasteiger partial charge in [-0.1, -0.05) is 39.3 Å². The summed E-state index contributed by atoms with van der Waals surface area (Å²) in [6.45, 7) is 9.33. The average Bonchev–Trinajstić information content (AvgIpc) is 2.77. The van der Waals surface area contributed by atoms with Gasteiger partial charge in [0.1, 0.15) is 0 Å². The van der Waals surface area contributed by atoms with Crippen LogP contribution in [0.3, 0.4) is 0 Å². The number of benzene rings is 1. The molecule has 118 valence electrons. The van der Waals surface area contributed by atoms with E-state index < -0.39 is 10.0 Å². The molecule has 0 radical (unpaired) electrons. The van der Waals surface area contributed by atoms with Gasteiger partial charge in [-0.2, -0.15) is 0 Å². The van der Waals surface area contributed by atoms with Crippen LogP contribution in [0.25, 0.3) is 0 Å². The highest BCUT2D eigenvalue weighted by Gasteiger charge is 2.64. The quantitative estimate of drug-likeness (QED) is 0.872. The minimum absolute atomic E-state index is 0.151. The Morgan fingerprint density at radius 2 is 1.81 bits per heavy atom. The van der Waals surface area contributed by atoms with E-state index in [1.165, 1.54) is 12.1 Å². The van der Waals surface area contributed by atoms with Gasteiger partial charge in [0, 0.05) is 18.1 Å². The van der Waals surface area contributed by atoms with Crippen LogP contribution < -0.4 is 10.5 Å². The van der Waals surface area contributed by atoms with Crippen molar-refractivity contribution in [3.8, 4) is 0 Å².